The van der Waals surface area contributed by atoms with Gasteiger partial charge in [0.05, 0.1) is 11.0 Å². The topological polar surface area (TPSA) is 45.8 Å². The number of nitrogens with zero attached hydrogens (tertiary/aromatic N) is 1. The van der Waals surface area contributed by atoms with Crippen molar-refractivity contribution >= 4 is 16.8 Å². The standard InChI is InChI=1S/C19H20N2O/c1-2-3-5-10-18-20-16-12-11-15(13-17(16)21-18)19(22)14-8-6-4-7-9-14/h4,6-9,11-13H,2-3,5,10H2,1H3,(H,20,21). The van der Waals surface area contributed by atoms with Crippen molar-refractivity contribution < 1.29 is 4.79 Å². The van der Waals surface area contributed by atoms with E-state index >= 15 is 0 Å². The average Bonchev–Trinajstić information content (AvgIpc) is 2.97. The van der Waals surface area contributed by atoms with Crippen molar-refractivity contribution in [2.75, 3.05) is 0 Å². The Morgan fingerprint density at radius 1 is 1.05 bits per heavy atom. The van der Waals surface area contributed by atoms with Crippen LogP contribution in [0.3, 0.4) is 0 Å². The third kappa shape index (κ3) is 3.08. The number of imidazole rings is 1. The fraction of sp³-hybridized carbons (Fsp3) is 0.263. The van der Waals surface area contributed by atoms with Crippen molar-refractivity contribution in [2.45, 2.75) is 32.6 Å². The zero-order valence-corrected chi connectivity index (χ0v) is 12.8. The maximum atomic E-state index is 12.5. The predicted octanol–water partition coefficient (Wildman–Crippen LogP) is 4.53. The maximum absolute atomic E-state index is 12.5. The van der Waals surface area contributed by atoms with Gasteiger partial charge in [-0.15, -0.1) is 0 Å². The number of carbonyl (C=O) groups excluding carboxylic acids is 1. The van der Waals surface area contributed by atoms with Gasteiger partial charge < -0.3 is 4.98 Å². The quantitative estimate of drug-likeness (QED) is 0.536. The number of ketones is 1. The first-order valence-corrected chi connectivity index (χ1v) is 7.86. The Labute approximate surface area is 130 Å². The van der Waals surface area contributed by atoms with Crippen LogP contribution in [0.4, 0.5) is 0 Å². The molecule has 0 amide bonds. The summed E-state index contributed by atoms with van der Waals surface area (Å²) in [5.41, 5.74) is 3.27. The molecule has 0 aliphatic rings. The second kappa shape index (κ2) is 6.56. The number of benzene rings is 2. The summed E-state index contributed by atoms with van der Waals surface area (Å²) in [5, 5.41) is 0. The van der Waals surface area contributed by atoms with E-state index in [0.717, 1.165) is 29.7 Å². The maximum Gasteiger partial charge on any atom is 0.193 e. The van der Waals surface area contributed by atoms with E-state index in [1.165, 1.54) is 12.8 Å². The van der Waals surface area contributed by atoms with Gasteiger partial charge >= 0.3 is 0 Å². The van der Waals surface area contributed by atoms with Crippen LogP contribution in [0.1, 0.15) is 47.9 Å². The zero-order valence-electron chi connectivity index (χ0n) is 12.8. The highest BCUT2D eigenvalue weighted by Gasteiger charge is 2.10. The molecule has 2 aromatic carbocycles. The summed E-state index contributed by atoms with van der Waals surface area (Å²) in [6, 6.07) is 15.0. The molecule has 0 spiro atoms. The van der Waals surface area contributed by atoms with Crippen molar-refractivity contribution in [3.8, 4) is 0 Å². The minimum atomic E-state index is 0.0460. The lowest BCUT2D eigenvalue weighted by molar-refractivity contribution is 0.103. The smallest absolute Gasteiger partial charge is 0.193 e. The van der Waals surface area contributed by atoms with E-state index in [1.807, 2.05) is 48.5 Å². The molecule has 0 fully saturated rings. The molecule has 0 unspecified atom stereocenters. The lowest BCUT2D eigenvalue weighted by Crippen LogP contribution is -2.00. The third-order valence-corrected chi connectivity index (χ3v) is 3.85. The first-order valence-electron chi connectivity index (χ1n) is 7.86. The fourth-order valence-electron chi connectivity index (χ4n) is 2.62. The first-order chi connectivity index (χ1) is 10.8. The molecule has 0 atom stereocenters. The summed E-state index contributed by atoms with van der Waals surface area (Å²) in [4.78, 5) is 20.4. The van der Waals surface area contributed by atoms with Crippen molar-refractivity contribution in [3.63, 3.8) is 0 Å². The van der Waals surface area contributed by atoms with E-state index in [2.05, 4.69) is 16.9 Å². The summed E-state index contributed by atoms with van der Waals surface area (Å²) in [6.07, 6.45) is 4.53. The van der Waals surface area contributed by atoms with Gasteiger partial charge in [-0.1, -0.05) is 50.1 Å². The molecule has 0 saturated carbocycles. The van der Waals surface area contributed by atoms with Crippen LogP contribution < -0.4 is 0 Å². The summed E-state index contributed by atoms with van der Waals surface area (Å²) >= 11 is 0. The number of hydrogen-bond donors (Lipinski definition) is 1. The van der Waals surface area contributed by atoms with Crippen LogP contribution >= 0.6 is 0 Å². The molecule has 0 aliphatic heterocycles. The molecule has 0 bridgehead atoms. The highest BCUT2D eigenvalue weighted by Crippen LogP contribution is 2.17. The summed E-state index contributed by atoms with van der Waals surface area (Å²) in [7, 11) is 0. The number of rotatable bonds is 6. The number of aryl methyl sites for hydroxylation is 1. The second-order valence-electron chi connectivity index (χ2n) is 5.57. The van der Waals surface area contributed by atoms with Gasteiger partial charge in [0, 0.05) is 17.5 Å². The van der Waals surface area contributed by atoms with Gasteiger partial charge in [0.2, 0.25) is 0 Å². The first kappa shape index (κ1) is 14.5. The van der Waals surface area contributed by atoms with Crippen LogP contribution in [-0.2, 0) is 6.42 Å². The molecule has 1 heterocycles. The molecular formula is C19H20N2O. The van der Waals surface area contributed by atoms with Gasteiger partial charge in [-0.2, -0.15) is 0 Å². The van der Waals surface area contributed by atoms with Crippen LogP contribution in [0.25, 0.3) is 11.0 Å². The van der Waals surface area contributed by atoms with E-state index in [0.29, 0.717) is 11.1 Å². The van der Waals surface area contributed by atoms with Crippen LogP contribution in [0, 0.1) is 0 Å². The largest absolute Gasteiger partial charge is 0.342 e. The van der Waals surface area contributed by atoms with Gasteiger partial charge in [0.15, 0.2) is 5.78 Å². The Kier molecular flexibility index (Phi) is 4.33. The molecule has 1 aromatic heterocycles. The van der Waals surface area contributed by atoms with Crippen molar-refractivity contribution in [1.29, 1.82) is 0 Å². The van der Waals surface area contributed by atoms with Crippen LogP contribution in [-0.4, -0.2) is 15.8 Å². The Morgan fingerprint density at radius 2 is 1.86 bits per heavy atom. The molecule has 3 nitrogen and oxygen atoms in total. The fourth-order valence-corrected chi connectivity index (χ4v) is 2.62. The van der Waals surface area contributed by atoms with Crippen LogP contribution in [0.5, 0.6) is 0 Å². The van der Waals surface area contributed by atoms with Crippen LogP contribution in [0.2, 0.25) is 0 Å². The lowest BCUT2D eigenvalue weighted by atomic mass is 10.0. The van der Waals surface area contributed by atoms with Crippen molar-refractivity contribution in [1.82, 2.24) is 9.97 Å². The van der Waals surface area contributed by atoms with Gasteiger partial charge in [0.25, 0.3) is 0 Å². The minimum absolute atomic E-state index is 0.0460. The molecule has 112 valence electrons. The summed E-state index contributed by atoms with van der Waals surface area (Å²) in [5.74, 6) is 1.05. The van der Waals surface area contributed by atoms with Crippen LogP contribution in [0.15, 0.2) is 48.5 Å². The Morgan fingerprint density at radius 3 is 2.64 bits per heavy atom. The highest BCUT2D eigenvalue weighted by atomic mass is 16.1. The second-order valence-corrected chi connectivity index (χ2v) is 5.57. The number of unbranched alkanes of at least 4 members (excludes halogenated alkanes) is 2. The Balaban J connectivity index is 1.85. The monoisotopic (exact) mass is 292 g/mol. The normalized spacial score (nSPS) is 11.0. The number of carbonyl (C=O) groups is 1. The van der Waals surface area contributed by atoms with E-state index < -0.39 is 0 Å². The van der Waals surface area contributed by atoms with E-state index in [4.69, 9.17) is 0 Å². The summed E-state index contributed by atoms with van der Waals surface area (Å²) < 4.78 is 0. The van der Waals surface area contributed by atoms with E-state index in [-0.39, 0.29) is 5.78 Å². The van der Waals surface area contributed by atoms with Gasteiger partial charge in [0.1, 0.15) is 5.82 Å². The SMILES string of the molecule is CCCCCc1nc2ccc(C(=O)c3ccccc3)cc2[nH]1. The number of fused-ring (bicyclic) bond motifs is 1. The number of aromatic amines is 1. The van der Waals surface area contributed by atoms with Gasteiger partial charge in [-0.3, -0.25) is 4.79 Å². The summed E-state index contributed by atoms with van der Waals surface area (Å²) in [6.45, 7) is 2.19. The number of H-pyrrole nitrogens is 1. The molecule has 3 rings (SSSR count). The molecule has 1 N–H and O–H groups in total. The van der Waals surface area contributed by atoms with Crippen molar-refractivity contribution in [2.24, 2.45) is 0 Å². The van der Waals surface area contributed by atoms with Gasteiger partial charge in [-0.05, 0) is 24.6 Å². The molecule has 0 radical (unpaired) electrons. The lowest BCUT2D eigenvalue weighted by Gasteiger charge is -2.00. The molecule has 3 aromatic rings. The van der Waals surface area contributed by atoms with E-state index in [1.54, 1.807) is 0 Å². The number of nitrogens with one attached hydrogen (secondary N) is 1. The highest BCUT2D eigenvalue weighted by molar-refractivity contribution is 6.10. The molecule has 0 aliphatic carbocycles. The van der Waals surface area contributed by atoms with Crippen molar-refractivity contribution in [3.05, 3.63) is 65.5 Å². The molecular weight excluding hydrogens is 272 g/mol. The molecule has 0 saturated heterocycles. The molecule has 3 heteroatoms. The Bertz CT molecular complexity index is 774. The Hall–Kier alpha value is -2.42. The zero-order chi connectivity index (χ0) is 15.4. The third-order valence-electron chi connectivity index (χ3n) is 3.85. The number of aromatic nitrogens is 2. The van der Waals surface area contributed by atoms with Gasteiger partial charge in [-0.25, -0.2) is 4.98 Å². The molecule has 22 heavy (non-hydrogen) atoms. The number of hydrogen-bond acceptors (Lipinski definition) is 2. The average molecular weight is 292 g/mol. The minimum Gasteiger partial charge on any atom is -0.342 e. The predicted molar refractivity (Wildman–Crippen MR) is 89.2 cm³/mol. The van der Waals surface area contributed by atoms with E-state index in [9.17, 15) is 4.79 Å².